The van der Waals surface area contributed by atoms with E-state index < -0.39 is 0 Å². The van der Waals surface area contributed by atoms with Gasteiger partial charge in [-0.1, -0.05) is 78.9 Å². The molecule has 0 fully saturated rings. The van der Waals surface area contributed by atoms with E-state index in [1.807, 2.05) is 24.3 Å². The number of benzene rings is 4. The molecule has 0 saturated heterocycles. The van der Waals surface area contributed by atoms with Gasteiger partial charge in [0.25, 0.3) is 0 Å². The van der Waals surface area contributed by atoms with Crippen LogP contribution in [0.4, 0.5) is 22.7 Å². The summed E-state index contributed by atoms with van der Waals surface area (Å²) in [5, 5.41) is 7.12. The molecule has 4 aromatic carbocycles. The van der Waals surface area contributed by atoms with Gasteiger partial charge >= 0.3 is 0 Å². The zero-order valence-corrected chi connectivity index (χ0v) is 15.1. The Morgan fingerprint density at radius 2 is 0.963 bits per heavy atom. The Kier molecular flexibility index (Phi) is 5.16. The zero-order chi connectivity index (χ0) is 18.3. The first-order chi connectivity index (χ1) is 13.4. The van der Waals surface area contributed by atoms with E-state index in [4.69, 9.17) is 0 Å². The van der Waals surface area contributed by atoms with E-state index in [9.17, 15) is 0 Å². The minimum absolute atomic E-state index is 0.901. The molecular weight excluding hydrogens is 328 g/mol. The van der Waals surface area contributed by atoms with Crippen molar-refractivity contribution >= 4 is 22.7 Å². The normalized spacial score (nSPS) is 10.4. The summed E-state index contributed by atoms with van der Waals surface area (Å²) < 4.78 is 0. The lowest BCUT2D eigenvalue weighted by Gasteiger charge is -2.16. The number of anilines is 4. The summed E-state index contributed by atoms with van der Waals surface area (Å²) in [6, 6.07) is 37.6. The summed E-state index contributed by atoms with van der Waals surface area (Å²) in [7, 11) is 0. The van der Waals surface area contributed by atoms with Crippen LogP contribution >= 0.6 is 0 Å². The van der Waals surface area contributed by atoms with Gasteiger partial charge in [0, 0.05) is 11.4 Å². The van der Waals surface area contributed by atoms with Crippen molar-refractivity contribution in [1.82, 2.24) is 0 Å². The minimum Gasteiger partial charge on any atom is -0.354 e. The molecule has 27 heavy (non-hydrogen) atoms. The van der Waals surface area contributed by atoms with Gasteiger partial charge in [-0.15, -0.1) is 0 Å². The smallest absolute Gasteiger partial charge is 0.0623 e. The topological polar surface area (TPSA) is 24.1 Å². The van der Waals surface area contributed by atoms with Gasteiger partial charge in [0.05, 0.1) is 11.4 Å². The molecule has 0 atom stereocenters. The molecule has 0 unspecified atom stereocenters. The van der Waals surface area contributed by atoms with Gasteiger partial charge in [-0.05, 0) is 47.9 Å². The van der Waals surface area contributed by atoms with Crippen LogP contribution in [0.1, 0.15) is 11.1 Å². The van der Waals surface area contributed by atoms with Gasteiger partial charge in [-0.2, -0.15) is 0 Å². The monoisotopic (exact) mass is 350 g/mol. The molecule has 0 aliphatic carbocycles. The van der Waals surface area contributed by atoms with Gasteiger partial charge < -0.3 is 10.6 Å². The molecule has 0 spiro atoms. The average Bonchev–Trinajstić information content (AvgIpc) is 2.72. The molecule has 0 aliphatic rings. The van der Waals surface area contributed by atoms with E-state index in [0.717, 1.165) is 29.2 Å². The van der Waals surface area contributed by atoms with Gasteiger partial charge in [0.2, 0.25) is 0 Å². The van der Waals surface area contributed by atoms with Crippen molar-refractivity contribution in [3.05, 3.63) is 120 Å². The fraction of sp³-hybridized carbons (Fsp3) is 0.0400. The van der Waals surface area contributed by atoms with Crippen molar-refractivity contribution in [1.29, 1.82) is 0 Å². The molecule has 0 bridgehead atoms. The molecule has 132 valence electrons. The molecule has 4 rings (SSSR count). The summed E-state index contributed by atoms with van der Waals surface area (Å²) in [6.45, 7) is 0. The van der Waals surface area contributed by atoms with E-state index in [1.165, 1.54) is 11.1 Å². The standard InChI is InChI=1S/C25H22N2/c1-3-11-20(12-4-1)19-21-13-7-8-16-23(21)27-25-18-10-9-17-24(25)26-22-14-5-2-6-15-22/h1-18,26-27H,19H2. The zero-order valence-electron chi connectivity index (χ0n) is 15.1. The first-order valence-corrected chi connectivity index (χ1v) is 9.18. The second kappa shape index (κ2) is 8.24. The van der Waals surface area contributed by atoms with Gasteiger partial charge in [-0.25, -0.2) is 0 Å². The SMILES string of the molecule is c1ccc(Cc2ccccc2Nc2ccccc2Nc2ccccc2)cc1. The molecule has 0 saturated carbocycles. The highest BCUT2D eigenvalue weighted by atomic mass is 15.0. The van der Waals surface area contributed by atoms with Crippen molar-refractivity contribution in [3.63, 3.8) is 0 Å². The Bertz CT molecular complexity index is 912. The third-order valence-electron chi connectivity index (χ3n) is 4.50. The van der Waals surface area contributed by atoms with Crippen LogP contribution in [0.3, 0.4) is 0 Å². The van der Waals surface area contributed by atoms with Crippen LogP contribution in [0, 0.1) is 0 Å². The second-order valence-corrected chi connectivity index (χ2v) is 6.48. The first-order valence-electron chi connectivity index (χ1n) is 9.18. The molecule has 0 heterocycles. The Morgan fingerprint density at radius 1 is 0.444 bits per heavy atom. The predicted octanol–water partition coefficient (Wildman–Crippen LogP) is 6.76. The van der Waals surface area contributed by atoms with Crippen LogP contribution in [0.25, 0.3) is 0 Å². The Balaban J connectivity index is 1.60. The first kappa shape index (κ1) is 16.9. The van der Waals surface area contributed by atoms with Gasteiger partial charge in [0.1, 0.15) is 0 Å². The maximum Gasteiger partial charge on any atom is 0.0623 e. The highest BCUT2D eigenvalue weighted by molar-refractivity contribution is 5.79. The summed E-state index contributed by atoms with van der Waals surface area (Å²) in [5.74, 6) is 0. The third-order valence-corrected chi connectivity index (χ3v) is 4.50. The Hall–Kier alpha value is -3.52. The fourth-order valence-corrected chi connectivity index (χ4v) is 3.14. The van der Waals surface area contributed by atoms with Crippen LogP contribution in [-0.4, -0.2) is 0 Å². The lowest BCUT2D eigenvalue weighted by atomic mass is 10.0. The third kappa shape index (κ3) is 4.36. The van der Waals surface area contributed by atoms with Crippen molar-refractivity contribution in [3.8, 4) is 0 Å². The minimum atomic E-state index is 0.901. The number of nitrogens with one attached hydrogen (secondary N) is 2. The number of hydrogen-bond acceptors (Lipinski definition) is 2. The number of rotatable bonds is 6. The molecule has 0 radical (unpaired) electrons. The fourth-order valence-electron chi connectivity index (χ4n) is 3.14. The van der Waals surface area contributed by atoms with Crippen LogP contribution < -0.4 is 10.6 Å². The molecule has 0 amide bonds. The van der Waals surface area contributed by atoms with Crippen molar-refractivity contribution < 1.29 is 0 Å². The van der Waals surface area contributed by atoms with Crippen molar-refractivity contribution in [2.45, 2.75) is 6.42 Å². The predicted molar refractivity (Wildman–Crippen MR) is 115 cm³/mol. The highest BCUT2D eigenvalue weighted by Crippen LogP contribution is 2.30. The van der Waals surface area contributed by atoms with Crippen LogP contribution in [0.5, 0.6) is 0 Å². The average molecular weight is 350 g/mol. The Labute approximate surface area is 160 Å². The largest absolute Gasteiger partial charge is 0.354 e. The van der Waals surface area contributed by atoms with E-state index >= 15 is 0 Å². The summed E-state index contributed by atoms with van der Waals surface area (Å²) in [4.78, 5) is 0. The summed E-state index contributed by atoms with van der Waals surface area (Å²) in [6.07, 6.45) is 0.901. The lowest BCUT2D eigenvalue weighted by Crippen LogP contribution is -2.00. The molecule has 0 aliphatic heterocycles. The van der Waals surface area contributed by atoms with Crippen LogP contribution in [-0.2, 0) is 6.42 Å². The second-order valence-electron chi connectivity index (χ2n) is 6.48. The van der Waals surface area contributed by atoms with Crippen LogP contribution in [0.15, 0.2) is 109 Å². The summed E-state index contributed by atoms with van der Waals surface area (Å²) >= 11 is 0. The van der Waals surface area contributed by atoms with Gasteiger partial charge in [0.15, 0.2) is 0 Å². The van der Waals surface area contributed by atoms with Crippen LogP contribution in [0.2, 0.25) is 0 Å². The van der Waals surface area contributed by atoms with E-state index in [-0.39, 0.29) is 0 Å². The molecule has 2 N–H and O–H groups in total. The van der Waals surface area contributed by atoms with E-state index in [2.05, 4.69) is 95.6 Å². The molecule has 2 nitrogen and oxygen atoms in total. The molecule has 4 aromatic rings. The lowest BCUT2D eigenvalue weighted by molar-refractivity contribution is 1.19. The highest BCUT2D eigenvalue weighted by Gasteiger charge is 2.07. The number of hydrogen-bond donors (Lipinski definition) is 2. The van der Waals surface area contributed by atoms with E-state index in [1.54, 1.807) is 0 Å². The van der Waals surface area contributed by atoms with E-state index in [0.29, 0.717) is 0 Å². The molecule has 2 heteroatoms. The molecule has 0 aromatic heterocycles. The number of para-hydroxylation sites is 4. The Morgan fingerprint density at radius 3 is 1.67 bits per heavy atom. The van der Waals surface area contributed by atoms with Gasteiger partial charge in [-0.3, -0.25) is 0 Å². The quantitative estimate of drug-likeness (QED) is 0.401. The summed E-state index contributed by atoms with van der Waals surface area (Å²) in [5.41, 5.74) is 6.90. The van der Waals surface area contributed by atoms with Crippen molar-refractivity contribution in [2.75, 3.05) is 10.6 Å². The maximum absolute atomic E-state index is 3.62. The molecular formula is C25H22N2. The maximum atomic E-state index is 3.62. The van der Waals surface area contributed by atoms with Crippen molar-refractivity contribution in [2.24, 2.45) is 0 Å².